The Kier molecular flexibility index (Phi) is 4.31. The van der Waals surface area contributed by atoms with Crippen molar-refractivity contribution in [2.75, 3.05) is 0 Å². The van der Waals surface area contributed by atoms with E-state index in [-0.39, 0.29) is 16.1 Å². The third-order valence-electron chi connectivity index (χ3n) is 3.21. The molecule has 3 rings (SSSR count). The quantitative estimate of drug-likeness (QED) is 0.685. The number of aryl methyl sites for hydroxylation is 1. The maximum Gasteiger partial charge on any atom is 0.285 e. The van der Waals surface area contributed by atoms with Gasteiger partial charge in [0.1, 0.15) is 5.76 Å². The fourth-order valence-corrected chi connectivity index (χ4v) is 3.22. The number of benzene rings is 1. The Morgan fingerprint density at radius 3 is 2.78 bits per heavy atom. The lowest BCUT2D eigenvalue weighted by Crippen LogP contribution is -2.45. The third kappa shape index (κ3) is 3.20. The van der Waals surface area contributed by atoms with Crippen molar-refractivity contribution in [3.05, 3.63) is 64.5 Å². The second kappa shape index (κ2) is 6.39. The van der Waals surface area contributed by atoms with Gasteiger partial charge in [0.15, 0.2) is 4.32 Å². The van der Waals surface area contributed by atoms with Gasteiger partial charge in [-0.05, 0) is 42.9 Å². The monoisotopic (exact) mass is 344 g/mol. The molecule has 1 saturated heterocycles. The molecule has 23 heavy (non-hydrogen) atoms. The van der Waals surface area contributed by atoms with Gasteiger partial charge < -0.3 is 4.42 Å². The highest BCUT2D eigenvalue weighted by atomic mass is 32.2. The molecular weight excluding hydrogens is 332 g/mol. The summed E-state index contributed by atoms with van der Waals surface area (Å²) in [6, 6.07) is 10.6. The average Bonchev–Trinajstić information content (AvgIpc) is 3.12. The molecule has 0 radical (unpaired) electrons. The Hall–Kier alpha value is -2.38. The zero-order valence-electron chi connectivity index (χ0n) is 12.1. The number of nitrogens with zero attached hydrogens (tertiary/aromatic N) is 1. The Morgan fingerprint density at radius 2 is 2.09 bits per heavy atom. The van der Waals surface area contributed by atoms with Crippen molar-refractivity contribution >= 4 is 46.2 Å². The zero-order valence-corrected chi connectivity index (χ0v) is 13.7. The van der Waals surface area contributed by atoms with Crippen LogP contribution in [0.4, 0.5) is 0 Å². The van der Waals surface area contributed by atoms with Gasteiger partial charge in [-0.15, -0.1) is 0 Å². The summed E-state index contributed by atoms with van der Waals surface area (Å²) in [7, 11) is 0. The summed E-state index contributed by atoms with van der Waals surface area (Å²) in [5.74, 6) is -0.201. The highest BCUT2D eigenvalue weighted by Crippen LogP contribution is 2.31. The van der Waals surface area contributed by atoms with Crippen molar-refractivity contribution in [1.82, 2.24) is 10.4 Å². The predicted octanol–water partition coefficient (Wildman–Crippen LogP) is 3.13. The van der Waals surface area contributed by atoms with E-state index in [0.29, 0.717) is 16.2 Å². The summed E-state index contributed by atoms with van der Waals surface area (Å²) in [5.41, 5.74) is 3.87. The summed E-state index contributed by atoms with van der Waals surface area (Å²) in [4.78, 5) is 25.1. The minimum atomic E-state index is -0.377. The Morgan fingerprint density at radius 1 is 1.30 bits per heavy atom. The Balaban J connectivity index is 1.79. The van der Waals surface area contributed by atoms with E-state index >= 15 is 0 Å². The summed E-state index contributed by atoms with van der Waals surface area (Å²) in [6.07, 6.45) is 3.12. The summed E-state index contributed by atoms with van der Waals surface area (Å²) in [6.45, 7) is 1.83. The van der Waals surface area contributed by atoms with Crippen LogP contribution in [0.5, 0.6) is 0 Å². The molecule has 7 heteroatoms. The predicted molar refractivity (Wildman–Crippen MR) is 92.4 cm³/mol. The van der Waals surface area contributed by atoms with Gasteiger partial charge >= 0.3 is 0 Å². The molecule has 2 aromatic rings. The van der Waals surface area contributed by atoms with Crippen molar-refractivity contribution in [2.45, 2.75) is 6.92 Å². The van der Waals surface area contributed by atoms with E-state index in [1.165, 1.54) is 6.26 Å². The van der Waals surface area contributed by atoms with Crippen LogP contribution in [0.3, 0.4) is 0 Å². The van der Waals surface area contributed by atoms with Crippen molar-refractivity contribution in [2.24, 2.45) is 0 Å². The molecule has 2 heterocycles. The number of hydrazine groups is 1. The molecule has 1 aliphatic rings. The molecule has 5 nitrogen and oxygen atoms in total. The van der Waals surface area contributed by atoms with Crippen LogP contribution < -0.4 is 5.43 Å². The van der Waals surface area contributed by atoms with Gasteiger partial charge in [-0.1, -0.05) is 30.0 Å². The normalized spacial score (nSPS) is 16.2. The molecule has 1 N–H and O–H groups in total. The van der Waals surface area contributed by atoms with Crippen molar-refractivity contribution in [1.29, 1.82) is 0 Å². The molecule has 0 spiro atoms. The molecule has 0 saturated carbocycles. The summed E-state index contributed by atoms with van der Waals surface area (Å²) < 4.78 is 5.46. The smallest absolute Gasteiger partial charge is 0.285 e. The number of amides is 2. The Labute approximate surface area is 142 Å². The van der Waals surface area contributed by atoms with Crippen molar-refractivity contribution in [3.8, 4) is 0 Å². The topological polar surface area (TPSA) is 62.6 Å². The zero-order chi connectivity index (χ0) is 16.4. The first-order valence-electron chi connectivity index (χ1n) is 6.74. The number of hydrogen-bond acceptors (Lipinski definition) is 5. The standard InChI is InChI=1S/C16H12N2O3S2/c1-10-5-2-3-7-12(10)14(19)17-18-15(20)13(23-16(18)22)9-11-6-4-8-21-11/h2-9H,1H3,(H,17,19). The summed E-state index contributed by atoms with van der Waals surface area (Å²) in [5, 5.41) is 1.09. The van der Waals surface area contributed by atoms with Crippen molar-refractivity contribution in [3.63, 3.8) is 0 Å². The largest absolute Gasteiger partial charge is 0.465 e. The minimum Gasteiger partial charge on any atom is -0.465 e. The molecule has 1 aliphatic heterocycles. The van der Waals surface area contributed by atoms with Gasteiger partial charge in [-0.25, -0.2) is 0 Å². The van der Waals surface area contributed by atoms with Crippen LogP contribution in [-0.4, -0.2) is 21.1 Å². The molecule has 1 aromatic carbocycles. The first-order chi connectivity index (χ1) is 11.1. The van der Waals surface area contributed by atoms with Gasteiger partial charge in [-0.3, -0.25) is 15.0 Å². The second-order valence-electron chi connectivity index (χ2n) is 4.79. The molecule has 1 aromatic heterocycles. The molecule has 116 valence electrons. The van der Waals surface area contributed by atoms with Crippen LogP contribution in [0.2, 0.25) is 0 Å². The van der Waals surface area contributed by atoms with Crippen LogP contribution in [0.15, 0.2) is 52.0 Å². The molecule has 0 atom stereocenters. The van der Waals surface area contributed by atoms with Gasteiger partial charge in [0.2, 0.25) is 0 Å². The molecule has 0 bridgehead atoms. The van der Waals surface area contributed by atoms with E-state index in [0.717, 1.165) is 22.3 Å². The highest BCUT2D eigenvalue weighted by Gasteiger charge is 2.34. The van der Waals surface area contributed by atoms with Crippen LogP contribution in [0.1, 0.15) is 21.7 Å². The number of carbonyl (C=O) groups excluding carboxylic acids is 2. The molecular formula is C16H12N2O3S2. The molecule has 0 unspecified atom stereocenters. The van der Waals surface area contributed by atoms with E-state index in [9.17, 15) is 9.59 Å². The molecule has 0 aliphatic carbocycles. The van der Waals surface area contributed by atoms with E-state index in [4.69, 9.17) is 16.6 Å². The fourth-order valence-electron chi connectivity index (χ4n) is 2.06. The minimum absolute atomic E-state index is 0.273. The van der Waals surface area contributed by atoms with E-state index < -0.39 is 0 Å². The van der Waals surface area contributed by atoms with Gasteiger partial charge in [0.05, 0.1) is 11.2 Å². The lowest BCUT2D eigenvalue weighted by molar-refractivity contribution is -0.123. The van der Waals surface area contributed by atoms with Crippen LogP contribution in [0, 0.1) is 6.92 Å². The van der Waals surface area contributed by atoms with Crippen LogP contribution >= 0.6 is 24.0 Å². The number of thioether (sulfide) groups is 1. The van der Waals surface area contributed by atoms with E-state index in [1.807, 2.05) is 19.1 Å². The number of thiocarbonyl (C=S) groups is 1. The number of rotatable bonds is 3. The highest BCUT2D eigenvalue weighted by molar-refractivity contribution is 8.26. The van der Waals surface area contributed by atoms with Gasteiger partial charge in [-0.2, -0.15) is 5.01 Å². The average molecular weight is 344 g/mol. The molecule has 1 fully saturated rings. The summed E-state index contributed by atoms with van der Waals surface area (Å²) >= 11 is 6.29. The first-order valence-corrected chi connectivity index (χ1v) is 7.97. The second-order valence-corrected chi connectivity index (χ2v) is 6.46. The lowest BCUT2D eigenvalue weighted by Gasteiger charge is -2.16. The van der Waals surface area contributed by atoms with E-state index in [1.54, 1.807) is 30.3 Å². The SMILES string of the molecule is Cc1ccccc1C(=O)NN1C(=O)C(=Cc2ccco2)SC1=S. The third-order valence-corrected chi connectivity index (χ3v) is 4.52. The Bertz CT molecular complexity index is 812. The number of carbonyl (C=O) groups is 2. The van der Waals surface area contributed by atoms with E-state index in [2.05, 4.69) is 5.43 Å². The number of nitrogens with one attached hydrogen (secondary N) is 1. The maximum atomic E-state index is 12.4. The number of hydrogen-bond donors (Lipinski definition) is 1. The van der Waals surface area contributed by atoms with Crippen molar-refractivity contribution < 1.29 is 14.0 Å². The lowest BCUT2D eigenvalue weighted by atomic mass is 10.1. The molecule has 2 amide bonds. The first kappa shape index (κ1) is 15.5. The van der Waals surface area contributed by atoms with Gasteiger partial charge in [0.25, 0.3) is 11.8 Å². The maximum absolute atomic E-state index is 12.4. The van der Waals surface area contributed by atoms with Crippen LogP contribution in [-0.2, 0) is 4.79 Å². The van der Waals surface area contributed by atoms with Gasteiger partial charge in [0, 0.05) is 11.6 Å². The fraction of sp³-hybridized carbons (Fsp3) is 0.0625. The number of furan rings is 1. The van der Waals surface area contributed by atoms with Crippen LogP contribution in [0.25, 0.3) is 6.08 Å².